The molecule has 1 unspecified atom stereocenters. The second-order valence-corrected chi connectivity index (χ2v) is 7.57. The molecule has 1 aliphatic rings. The molecule has 1 fully saturated rings. The Morgan fingerprint density at radius 3 is 1.90 bits per heavy atom. The number of nitrogens with one attached hydrogen (secondary N) is 1. The molecule has 0 saturated heterocycles. The minimum atomic E-state index is 0.706. The normalized spacial score (nSPS) is 19.2. The summed E-state index contributed by atoms with van der Waals surface area (Å²) in [6, 6.07) is 0.706. The van der Waals surface area contributed by atoms with Gasteiger partial charge in [-0.25, -0.2) is 0 Å². The Bertz CT molecular complexity index is 222. The predicted octanol–water partition coefficient (Wildman–Crippen LogP) is 4.16. The fraction of sp³-hybridized carbons (Fsp3) is 1.00. The van der Waals surface area contributed by atoms with Crippen LogP contribution in [0.2, 0.25) is 0 Å². The molecule has 0 spiro atoms. The summed E-state index contributed by atoms with van der Waals surface area (Å²) in [6.07, 6.45) is 7.22. The SMILES string of the molecule is CCNC(CN(CC(C)C)CC(C)C)C1CCCCC1. The summed E-state index contributed by atoms with van der Waals surface area (Å²) in [7, 11) is 0. The van der Waals surface area contributed by atoms with E-state index < -0.39 is 0 Å². The molecule has 20 heavy (non-hydrogen) atoms. The molecule has 0 heterocycles. The first-order valence-electron chi connectivity index (χ1n) is 8.98. The second-order valence-electron chi connectivity index (χ2n) is 7.57. The highest BCUT2D eigenvalue weighted by atomic mass is 15.2. The van der Waals surface area contributed by atoms with E-state index >= 15 is 0 Å². The molecule has 0 aromatic carbocycles. The summed E-state index contributed by atoms with van der Waals surface area (Å²) in [5, 5.41) is 3.79. The van der Waals surface area contributed by atoms with Crippen molar-refractivity contribution < 1.29 is 0 Å². The number of hydrogen-bond donors (Lipinski definition) is 1. The molecule has 1 atom stereocenters. The first-order valence-corrected chi connectivity index (χ1v) is 8.98. The summed E-state index contributed by atoms with van der Waals surface area (Å²) in [4.78, 5) is 2.71. The Morgan fingerprint density at radius 2 is 1.45 bits per heavy atom. The van der Waals surface area contributed by atoms with Gasteiger partial charge in [-0.2, -0.15) is 0 Å². The first kappa shape index (κ1) is 18.0. The van der Waals surface area contributed by atoms with Gasteiger partial charge in [-0.15, -0.1) is 0 Å². The van der Waals surface area contributed by atoms with Gasteiger partial charge < -0.3 is 10.2 Å². The number of hydrogen-bond acceptors (Lipinski definition) is 2. The maximum absolute atomic E-state index is 3.79. The van der Waals surface area contributed by atoms with Crippen LogP contribution in [-0.4, -0.2) is 37.1 Å². The Balaban J connectivity index is 2.57. The van der Waals surface area contributed by atoms with Crippen molar-refractivity contribution in [2.75, 3.05) is 26.2 Å². The lowest BCUT2D eigenvalue weighted by molar-refractivity contribution is 0.159. The van der Waals surface area contributed by atoms with Crippen molar-refractivity contribution in [1.82, 2.24) is 10.2 Å². The van der Waals surface area contributed by atoms with Crippen LogP contribution in [0.25, 0.3) is 0 Å². The molecule has 1 N–H and O–H groups in total. The van der Waals surface area contributed by atoms with Gasteiger partial charge >= 0.3 is 0 Å². The van der Waals surface area contributed by atoms with Gasteiger partial charge in [-0.1, -0.05) is 53.9 Å². The third kappa shape index (κ3) is 7.08. The molecule has 0 aromatic heterocycles. The fourth-order valence-electron chi connectivity index (χ4n) is 3.71. The number of nitrogens with zero attached hydrogens (tertiary/aromatic N) is 1. The van der Waals surface area contributed by atoms with Gasteiger partial charge in [0.05, 0.1) is 0 Å². The van der Waals surface area contributed by atoms with Crippen LogP contribution in [0.4, 0.5) is 0 Å². The highest BCUT2D eigenvalue weighted by Crippen LogP contribution is 2.27. The molecular formula is C18H38N2. The van der Waals surface area contributed by atoms with E-state index in [1.165, 1.54) is 51.7 Å². The minimum absolute atomic E-state index is 0.706. The van der Waals surface area contributed by atoms with E-state index in [2.05, 4.69) is 44.8 Å². The van der Waals surface area contributed by atoms with E-state index in [1.807, 2.05) is 0 Å². The molecular weight excluding hydrogens is 244 g/mol. The lowest BCUT2D eigenvalue weighted by Crippen LogP contribution is -2.47. The van der Waals surface area contributed by atoms with Gasteiger partial charge in [-0.05, 0) is 37.1 Å². The lowest BCUT2D eigenvalue weighted by Gasteiger charge is -2.36. The molecule has 1 aliphatic carbocycles. The van der Waals surface area contributed by atoms with Gasteiger partial charge in [0.15, 0.2) is 0 Å². The molecule has 1 saturated carbocycles. The van der Waals surface area contributed by atoms with Crippen LogP contribution in [0, 0.1) is 17.8 Å². The monoisotopic (exact) mass is 282 g/mol. The van der Waals surface area contributed by atoms with Crippen molar-refractivity contribution >= 4 is 0 Å². The Hall–Kier alpha value is -0.0800. The molecule has 2 heteroatoms. The average Bonchev–Trinajstić information content (AvgIpc) is 2.37. The van der Waals surface area contributed by atoms with E-state index in [-0.39, 0.29) is 0 Å². The van der Waals surface area contributed by atoms with Crippen LogP contribution in [0.5, 0.6) is 0 Å². The van der Waals surface area contributed by atoms with Gasteiger partial charge in [0.2, 0.25) is 0 Å². The highest BCUT2D eigenvalue weighted by Gasteiger charge is 2.25. The van der Waals surface area contributed by atoms with Crippen LogP contribution in [0.3, 0.4) is 0 Å². The maximum atomic E-state index is 3.79. The molecule has 1 rings (SSSR count). The van der Waals surface area contributed by atoms with Crippen molar-refractivity contribution in [1.29, 1.82) is 0 Å². The quantitative estimate of drug-likeness (QED) is 0.683. The third-order valence-electron chi connectivity index (χ3n) is 4.39. The average molecular weight is 283 g/mol. The standard InChI is InChI=1S/C18H38N2/c1-6-19-18(17-10-8-7-9-11-17)14-20(12-15(2)3)13-16(4)5/h15-19H,6-14H2,1-5H3. The fourth-order valence-corrected chi connectivity index (χ4v) is 3.71. The molecule has 2 nitrogen and oxygen atoms in total. The van der Waals surface area contributed by atoms with E-state index in [9.17, 15) is 0 Å². The minimum Gasteiger partial charge on any atom is -0.313 e. The lowest BCUT2D eigenvalue weighted by atomic mass is 9.83. The summed E-state index contributed by atoms with van der Waals surface area (Å²) in [6.45, 7) is 16.5. The van der Waals surface area contributed by atoms with E-state index in [0.717, 1.165) is 24.3 Å². The highest BCUT2D eigenvalue weighted by molar-refractivity contribution is 4.82. The van der Waals surface area contributed by atoms with E-state index in [4.69, 9.17) is 0 Å². The zero-order chi connectivity index (χ0) is 15.0. The van der Waals surface area contributed by atoms with Crippen LogP contribution < -0.4 is 5.32 Å². The van der Waals surface area contributed by atoms with Crippen molar-refractivity contribution in [3.05, 3.63) is 0 Å². The predicted molar refractivity (Wildman–Crippen MR) is 90.2 cm³/mol. The molecule has 0 bridgehead atoms. The van der Waals surface area contributed by atoms with Crippen LogP contribution >= 0.6 is 0 Å². The van der Waals surface area contributed by atoms with Crippen LogP contribution in [-0.2, 0) is 0 Å². The maximum Gasteiger partial charge on any atom is 0.0223 e. The largest absolute Gasteiger partial charge is 0.313 e. The summed E-state index contributed by atoms with van der Waals surface area (Å²) in [5.74, 6) is 2.44. The second kappa shape index (κ2) is 9.78. The molecule has 0 amide bonds. The van der Waals surface area contributed by atoms with Gasteiger partial charge in [0.25, 0.3) is 0 Å². The number of rotatable bonds is 9. The Morgan fingerprint density at radius 1 is 0.900 bits per heavy atom. The Labute approximate surface area is 127 Å². The van der Waals surface area contributed by atoms with Crippen molar-refractivity contribution in [2.24, 2.45) is 17.8 Å². The zero-order valence-corrected chi connectivity index (χ0v) is 14.6. The van der Waals surface area contributed by atoms with Crippen molar-refractivity contribution in [2.45, 2.75) is 72.8 Å². The third-order valence-corrected chi connectivity index (χ3v) is 4.39. The Kier molecular flexibility index (Phi) is 8.79. The molecule has 120 valence electrons. The smallest absolute Gasteiger partial charge is 0.0223 e. The summed E-state index contributed by atoms with van der Waals surface area (Å²) >= 11 is 0. The van der Waals surface area contributed by atoms with Gasteiger partial charge in [0.1, 0.15) is 0 Å². The summed E-state index contributed by atoms with van der Waals surface area (Å²) in [5.41, 5.74) is 0. The zero-order valence-electron chi connectivity index (χ0n) is 14.6. The number of likely N-dealkylation sites (N-methyl/N-ethyl adjacent to an activating group) is 1. The van der Waals surface area contributed by atoms with E-state index in [0.29, 0.717) is 6.04 Å². The van der Waals surface area contributed by atoms with Gasteiger partial charge in [0, 0.05) is 25.7 Å². The first-order chi connectivity index (χ1) is 9.52. The molecule has 0 aromatic rings. The van der Waals surface area contributed by atoms with Crippen LogP contribution in [0.1, 0.15) is 66.7 Å². The van der Waals surface area contributed by atoms with Crippen molar-refractivity contribution in [3.63, 3.8) is 0 Å². The van der Waals surface area contributed by atoms with Crippen molar-refractivity contribution in [3.8, 4) is 0 Å². The topological polar surface area (TPSA) is 15.3 Å². The molecule has 0 radical (unpaired) electrons. The summed E-state index contributed by atoms with van der Waals surface area (Å²) < 4.78 is 0. The van der Waals surface area contributed by atoms with Gasteiger partial charge in [-0.3, -0.25) is 0 Å². The molecule has 0 aliphatic heterocycles. The van der Waals surface area contributed by atoms with E-state index in [1.54, 1.807) is 0 Å². The van der Waals surface area contributed by atoms with Crippen LogP contribution in [0.15, 0.2) is 0 Å².